The zero-order valence-electron chi connectivity index (χ0n) is 8.08. The molecule has 15 heavy (non-hydrogen) atoms. The molecule has 0 saturated heterocycles. The molecule has 2 N–H and O–H groups in total. The van der Waals surface area contributed by atoms with Gasteiger partial charge in [0.2, 0.25) is 0 Å². The summed E-state index contributed by atoms with van der Waals surface area (Å²) in [6.07, 6.45) is 1.29. The molecule has 0 amide bonds. The maximum absolute atomic E-state index is 13.5. The number of anilines is 1. The van der Waals surface area contributed by atoms with Crippen LogP contribution in [0.25, 0.3) is 10.9 Å². The van der Waals surface area contributed by atoms with Crippen LogP contribution in [0.2, 0.25) is 0 Å². The van der Waals surface area contributed by atoms with E-state index in [-0.39, 0.29) is 16.8 Å². The van der Waals surface area contributed by atoms with Crippen LogP contribution in [0.5, 0.6) is 0 Å². The van der Waals surface area contributed by atoms with Crippen LogP contribution in [0.15, 0.2) is 18.3 Å². The zero-order chi connectivity index (χ0) is 11.0. The Kier molecular flexibility index (Phi) is 2.01. The lowest BCUT2D eigenvalue weighted by molar-refractivity contribution is 0.635. The van der Waals surface area contributed by atoms with Gasteiger partial charge in [0.25, 0.3) is 0 Å². The van der Waals surface area contributed by atoms with Crippen molar-refractivity contribution in [1.29, 1.82) is 5.26 Å². The lowest BCUT2D eigenvalue weighted by Gasteiger charge is -2.05. The quantitative estimate of drug-likeness (QED) is 0.710. The highest BCUT2D eigenvalue weighted by molar-refractivity contribution is 5.93. The van der Waals surface area contributed by atoms with E-state index in [2.05, 4.69) is 4.98 Å². The summed E-state index contributed by atoms with van der Waals surface area (Å²) in [7, 11) is 0. The Balaban J connectivity index is 2.94. The molecule has 4 heteroatoms. The molecule has 0 spiro atoms. The van der Waals surface area contributed by atoms with Gasteiger partial charge in [-0.2, -0.15) is 5.26 Å². The molecule has 0 atom stereocenters. The molecule has 2 rings (SSSR count). The second-order valence-electron chi connectivity index (χ2n) is 3.34. The van der Waals surface area contributed by atoms with Crippen LogP contribution in [-0.2, 0) is 0 Å². The first-order chi connectivity index (χ1) is 7.13. The first-order valence-corrected chi connectivity index (χ1v) is 4.38. The number of halogens is 1. The van der Waals surface area contributed by atoms with E-state index < -0.39 is 5.82 Å². The Hall–Kier alpha value is -2.15. The number of hydrogen-bond acceptors (Lipinski definition) is 3. The van der Waals surface area contributed by atoms with Crippen molar-refractivity contribution >= 4 is 16.6 Å². The third-order valence-corrected chi connectivity index (χ3v) is 2.23. The van der Waals surface area contributed by atoms with E-state index >= 15 is 0 Å². The Morgan fingerprint density at radius 2 is 2.20 bits per heavy atom. The van der Waals surface area contributed by atoms with Gasteiger partial charge in [0.1, 0.15) is 17.4 Å². The number of nitrogen functional groups attached to an aromatic ring is 1. The van der Waals surface area contributed by atoms with Gasteiger partial charge in [0.15, 0.2) is 0 Å². The smallest absolute Gasteiger partial charge is 0.149 e. The molecule has 0 fully saturated rings. The van der Waals surface area contributed by atoms with Gasteiger partial charge in [-0.25, -0.2) is 4.39 Å². The van der Waals surface area contributed by atoms with Crippen LogP contribution in [0, 0.1) is 24.1 Å². The van der Waals surface area contributed by atoms with Crippen LogP contribution in [0.3, 0.4) is 0 Å². The number of rotatable bonds is 0. The Labute approximate surface area is 86.0 Å². The maximum atomic E-state index is 13.5. The first-order valence-electron chi connectivity index (χ1n) is 4.38. The van der Waals surface area contributed by atoms with Gasteiger partial charge in [-0.05, 0) is 24.6 Å². The van der Waals surface area contributed by atoms with E-state index in [1.807, 2.05) is 6.07 Å². The average Bonchev–Trinajstić information content (AvgIpc) is 2.19. The van der Waals surface area contributed by atoms with Gasteiger partial charge in [0, 0.05) is 11.6 Å². The number of fused-ring (bicyclic) bond motifs is 1. The van der Waals surface area contributed by atoms with Crippen molar-refractivity contribution in [2.24, 2.45) is 0 Å². The summed E-state index contributed by atoms with van der Waals surface area (Å²) in [6, 6.07) is 5.03. The number of aromatic nitrogens is 1. The number of nitrogens with two attached hydrogens (primary N) is 1. The van der Waals surface area contributed by atoms with Gasteiger partial charge >= 0.3 is 0 Å². The van der Waals surface area contributed by atoms with Crippen molar-refractivity contribution in [2.75, 3.05) is 5.73 Å². The van der Waals surface area contributed by atoms with Crippen LogP contribution < -0.4 is 5.73 Å². The standard InChI is InChI=1S/C11H8FN3/c1-6-2-8-10(14)7(4-13)5-15-11(8)9(12)3-6/h2-3,5H,1H3,(H2,14,15). The molecular weight excluding hydrogens is 193 g/mol. The van der Waals surface area contributed by atoms with E-state index in [0.717, 1.165) is 5.56 Å². The topological polar surface area (TPSA) is 62.7 Å². The fourth-order valence-corrected chi connectivity index (χ4v) is 1.50. The summed E-state index contributed by atoms with van der Waals surface area (Å²) >= 11 is 0. The van der Waals surface area contributed by atoms with E-state index in [9.17, 15) is 4.39 Å². The minimum absolute atomic E-state index is 0.206. The van der Waals surface area contributed by atoms with E-state index in [0.29, 0.717) is 5.39 Å². The number of benzene rings is 1. The molecule has 1 heterocycles. The first kappa shape index (κ1) is 9.41. The van der Waals surface area contributed by atoms with Crippen molar-refractivity contribution < 1.29 is 4.39 Å². The summed E-state index contributed by atoms with van der Waals surface area (Å²) in [4.78, 5) is 3.88. The van der Waals surface area contributed by atoms with Crippen LogP contribution in [0.4, 0.5) is 10.1 Å². The zero-order valence-corrected chi connectivity index (χ0v) is 8.08. The van der Waals surface area contributed by atoms with Crippen LogP contribution >= 0.6 is 0 Å². The molecule has 0 aliphatic heterocycles. The molecule has 0 radical (unpaired) electrons. The number of nitrogens with zero attached hydrogens (tertiary/aromatic N) is 2. The molecule has 0 bridgehead atoms. The van der Waals surface area contributed by atoms with Crippen molar-refractivity contribution in [3.05, 3.63) is 35.3 Å². The van der Waals surface area contributed by atoms with Gasteiger partial charge < -0.3 is 5.73 Å². The molecule has 0 aliphatic carbocycles. The summed E-state index contributed by atoms with van der Waals surface area (Å²) < 4.78 is 13.5. The monoisotopic (exact) mass is 201 g/mol. The minimum Gasteiger partial charge on any atom is -0.397 e. The molecular formula is C11H8FN3. The van der Waals surface area contributed by atoms with E-state index in [1.54, 1.807) is 13.0 Å². The Morgan fingerprint density at radius 3 is 2.87 bits per heavy atom. The van der Waals surface area contributed by atoms with Gasteiger partial charge in [-0.3, -0.25) is 4.98 Å². The molecule has 0 saturated carbocycles. The second kappa shape index (κ2) is 3.21. The van der Waals surface area contributed by atoms with E-state index in [1.165, 1.54) is 12.3 Å². The predicted molar refractivity (Wildman–Crippen MR) is 55.6 cm³/mol. The van der Waals surface area contributed by atoms with Crippen LogP contribution in [-0.4, -0.2) is 4.98 Å². The van der Waals surface area contributed by atoms with Gasteiger partial charge in [-0.1, -0.05) is 0 Å². The summed E-state index contributed by atoms with van der Waals surface area (Å²) in [6.45, 7) is 1.76. The number of pyridine rings is 1. The summed E-state index contributed by atoms with van der Waals surface area (Å²) in [5, 5.41) is 9.24. The molecule has 1 aromatic carbocycles. The molecule has 0 unspecified atom stereocenters. The Bertz CT molecular complexity index is 584. The van der Waals surface area contributed by atoms with Gasteiger partial charge in [0.05, 0.1) is 11.3 Å². The average molecular weight is 201 g/mol. The van der Waals surface area contributed by atoms with E-state index in [4.69, 9.17) is 11.0 Å². The van der Waals surface area contributed by atoms with Crippen LogP contribution in [0.1, 0.15) is 11.1 Å². The SMILES string of the molecule is Cc1cc(F)c2ncc(C#N)c(N)c2c1. The number of nitriles is 1. The molecule has 0 aliphatic rings. The largest absolute Gasteiger partial charge is 0.397 e. The van der Waals surface area contributed by atoms with Crippen molar-refractivity contribution in [3.8, 4) is 6.07 Å². The fraction of sp³-hybridized carbons (Fsp3) is 0.0909. The highest BCUT2D eigenvalue weighted by Crippen LogP contribution is 2.25. The maximum Gasteiger partial charge on any atom is 0.149 e. The normalized spacial score (nSPS) is 10.2. The minimum atomic E-state index is -0.416. The third kappa shape index (κ3) is 1.38. The van der Waals surface area contributed by atoms with Crippen molar-refractivity contribution in [1.82, 2.24) is 4.98 Å². The van der Waals surface area contributed by atoms with Gasteiger partial charge in [-0.15, -0.1) is 0 Å². The Morgan fingerprint density at radius 1 is 1.47 bits per heavy atom. The van der Waals surface area contributed by atoms with Crippen molar-refractivity contribution in [2.45, 2.75) is 6.92 Å². The molecule has 1 aromatic heterocycles. The fourth-order valence-electron chi connectivity index (χ4n) is 1.50. The molecule has 3 nitrogen and oxygen atoms in total. The third-order valence-electron chi connectivity index (χ3n) is 2.23. The van der Waals surface area contributed by atoms with Crippen molar-refractivity contribution in [3.63, 3.8) is 0 Å². The highest BCUT2D eigenvalue weighted by atomic mass is 19.1. The second-order valence-corrected chi connectivity index (χ2v) is 3.34. The summed E-state index contributed by atoms with van der Waals surface area (Å²) in [5.74, 6) is -0.416. The predicted octanol–water partition coefficient (Wildman–Crippen LogP) is 2.14. The number of aryl methyl sites for hydroxylation is 1. The lowest BCUT2D eigenvalue weighted by atomic mass is 10.1. The lowest BCUT2D eigenvalue weighted by Crippen LogP contribution is -1.96. The summed E-state index contributed by atoms with van der Waals surface area (Å²) in [5.41, 5.74) is 7.25. The molecule has 2 aromatic rings. The highest BCUT2D eigenvalue weighted by Gasteiger charge is 2.09. The molecule has 74 valence electrons. The number of hydrogen-bond donors (Lipinski definition) is 1.